The number of carbonyl (C=O) groups is 1. The molecule has 1 aromatic carbocycles. The van der Waals surface area contributed by atoms with E-state index in [-0.39, 0.29) is 11.3 Å². The van der Waals surface area contributed by atoms with Crippen molar-refractivity contribution in [2.24, 2.45) is 5.41 Å². The smallest absolute Gasteiger partial charge is 0.251 e. The molecule has 1 aromatic heterocycles. The number of amides is 1. The Morgan fingerprint density at radius 3 is 2.67 bits per heavy atom. The van der Waals surface area contributed by atoms with Crippen molar-refractivity contribution in [1.29, 1.82) is 0 Å². The van der Waals surface area contributed by atoms with Crippen LogP contribution in [0.1, 0.15) is 37.0 Å². The molecule has 0 fully saturated rings. The van der Waals surface area contributed by atoms with Crippen LogP contribution in [0.2, 0.25) is 0 Å². The van der Waals surface area contributed by atoms with Crippen LogP contribution in [-0.4, -0.2) is 23.3 Å². The summed E-state index contributed by atoms with van der Waals surface area (Å²) in [5, 5.41) is 3.91. The fraction of sp³-hybridized carbons (Fsp3) is 0.412. The fourth-order valence-electron chi connectivity index (χ4n) is 2.40. The van der Waals surface area contributed by atoms with Gasteiger partial charge in [0.25, 0.3) is 5.91 Å². The highest BCUT2D eigenvalue weighted by atomic mass is 35.5. The molecule has 0 saturated carbocycles. The molecule has 1 amide bonds. The standard InChI is InChI=1S/C17H21ClN2O/c1-3-17(4-2,11-18)12-20-16(21)14-7-5-9-15-13(14)8-6-10-19-15/h5-10H,3-4,11-12H2,1-2H3,(H,20,21). The minimum atomic E-state index is -0.0648. The van der Waals surface area contributed by atoms with E-state index in [4.69, 9.17) is 11.6 Å². The van der Waals surface area contributed by atoms with Crippen LogP contribution in [0, 0.1) is 5.41 Å². The van der Waals surface area contributed by atoms with E-state index in [1.807, 2.05) is 30.3 Å². The van der Waals surface area contributed by atoms with Gasteiger partial charge in [-0.1, -0.05) is 26.0 Å². The highest BCUT2D eigenvalue weighted by molar-refractivity contribution is 6.18. The first kappa shape index (κ1) is 15.8. The normalized spacial score (nSPS) is 11.6. The predicted molar refractivity (Wildman–Crippen MR) is 87.8 cm³/mol. The largest absolute Gasteiger partial charge is 0.351 e. The number of aromatic nitrogens is 1. The maximum absolute atomic E-state index is 12.5. The second kappa shape index (κ2) is 6.90. The quantitative estimate of drug-likeness (QED) is 0.819. The van der Waals surface area contributed by atoms with Crippen molar-refractivity contribution in [1.82, 2.24) is 10.3 Å². The van der Waals surface area contributed by atoms with Crippen LogP contribution in [0.4, 0.5) is 0 Å². The summed E-state index contributed by atoms with van der Waals surface area (Å²) in [4.78, 5) is 16.8. The number of alkyl halides is 1. The molecule has 0 aliphatic rings. The number of benzene rings is 1. The highest BCUT2D eigenvalue weighted by Crippen LogP contribution is 2.27. The first-order chi connectivity index (χ1) is 10.2. The lowest BCUT2D eigenvalue weighted by molar-refractivity contribution is 0.0933. The molecule has 0 saturated heterocycles. The average molecular weight is 305 g/mol. The van der Waals surface area contributed by atoms with Crippen molar-refractivity contribution >= 4 is 28.4 Å². The van der Waals surface area contributed by atoms with Gasteiger partial charge in [0.1, 0.15) is 0 Å². The Bertz CT molecular complexity index is 609. The lowest BCUT2D eigenvalue weighted by Crippen LogP contribution is -2.38. The summed E-state index contributed by atoms with van der Waals surface area (Å²) in [5.41, 5.74) is 1.47. The maximum atomic E-state index is 12.5. The SMILES string of the molecule is CCC(CC)(CCl)CNC(=O)c1cccc2ncccc12. The van der Waals surface area contributed by atoms with E-state index in [1.54, 1.807) is 6.20 Å². The van der Waals surface area contributed by atoms with E-state index in [0.29, 0.717) is 18.0 Å². The van der Waals surface area contributed by atoms with Crippen LogP contribution in [0.25, 0.3) is 10.9 Å². The molecule has 0 unspecified atom stereocenters. The average Bonchev–Trinajstić information content (AvgIpc) is 2.56. The van der Waals surface area contributed by atoms with Crippen LogP contribution in [-0.2, 0) is 0 Å². The van der Waals surface area contributed by atoms with Gasteiger partial charge in [0.05, 0.1) is 5.52 Å². The number of nitrogens with zero attached hydrogens (tertiary/aromatic N) is 1. The molecule has 0 bridgehead atoms. The van der Waals surface area contributed by atoms with Crippen molar-refractivity contribution in [3.05, 3.63) is 42.1 Å². The first-order valence-corrected chi connectivity index (χ1v) is 7.87. The van der Waals surface area contributed by atoms with Gasteiger partial charge >= 0.3 is 0 Å². The third-order valence-corrected chi connectivity index (χ3v) is 4.86. The Kier molecular flexibility index (Phi) is 5.18. The molecule has 3 nitrogen and oxygen atoms in total. The maximum Gasteiger partial charge on any atom is 0.251 e. The number of hydrogen-bond acceptors (Lipinski definition) is 2. The monoisotopic (exact) mass is 304 g/mol. The Balaban J connectivity index is 2.20. The van der Waals surface area contributed by atoms with E-state index < -0.39 is 0 Å². The molecule has 4 heteroatoms. The van der Waals surface area contributed by atoms with E-state index >= 15 is 0 Å². The molecule has 1 N–H and O–H groups in total. The molecular weight excluding hydrogens is 284 g/mol. The topological polar surface area (TPSA) is 42.0 Å². The summed E-state index contributed by atoms with van der Waals surface area (Å²) in [6.45, 7) is 4.82. The minimum absolute atomic E-state index is 0.0277. The highest BCUT2D eigenvalue weighted by Gasteiger charge is 2.26. The van der Waals surface area contributed by atoms with Gasteiger partial charge in [-0.3, -0.25) is 9.78 Å². The lowest BCUT2D eigenvalue weighted by atomic mass is 9.84. The molecule has 2 rings (SSSR count). The van der Waals surface area contributed by atoms with Gasteiger partial charge in [0.15, 0.2) is 0 Å². The van der Waals surface area contributed by atoms with Crippen LogP contribution < -0.4 is 5.32 Å². The molecule has 21 heavy (non-hydrogen) atoms. The molecule has 0 spiro atoms. The van der Waals surface area contributed by atoms with E-state index in [2.05, 4.69) is 24.1 Å². The van der Waals surface area contributed by atoms with E-state index in [0.717, 1.165) is 23.7 Å². The summed E-state index contributed by atoms with van der Waals surface area (Å²) in [7, 11) is 0. The fourth-order valence-corrected chi connectivity index (χ4v) is 2.87. The number of carbonyl (C=O) groups excluding carboxylic acids is 1. The summed E-state index contributed by atoms with van der Waals surface area (Å²) < 4.78 is 0. The Hall–Kier alpha value is -1.61. The van der Waals surface area contributed by atoms with Crippen molar-refractivity contribution in [3.63, 3.8) is 0 Å². The predicted octanol–water partition coefficient (Wildman–Crippen LogP) is 4.01. The zero-order chi connectivity index (χ0) is 15.3. The van der Waals surface area contributed by atoms with Crippen LogP contribution in [0.3, 0.4) is 0 Å². The molecular formula is C17H21ClN2O. The molecule has 1 heterocycles. The molecule has 112 valence electrons. The number of pyridine rings is 1. The molecule has 2 aromatic rings. The van der Waals surface area contributed by atoms with Crippen LogP contribution in [0.15, 0.2) is 36.5 Å². The summed E-state index contributed by atoms with van der Waals surface area (Å²) in [6, 6.07) is 9.37. The Labute approximate surface area is 130 Å². The molecule has 0 atom stereocenters. The number of rotatable bonds is 6. The third kappa shape index (κ3) is 3.35. The first-order valence-electron chi connectivity index (χ1n) is 7.33. The van der Waals surface area contributed by atoms with Gasteiger partial charge < -0.3 is 5.32 Å². The third-order valence-electron chi connectivity index (χ3n) is 4.30. The second-order valence-corrected chi connectivity index (χ2v) is 5.67. The zero-order valence-corrected chi connectivity index (χ0v) is 13.3. The van der Waals surface area contributed by atoms with E-state index in [1.165, 1.54) is 0 Å². The molecule has 0 aliphatic heterocycles. The van der Waals surface area contributed by atoms with Gasteiger partial charge in [0.2, 0.25) is 0 Å². The van der Waals surface area contributed by atoms with Crippen molar-refractivity contribution < 1.29 is 4.79 Å². The van der Waals surface area contributed by atoms with Gasteiger partial charge in [-0.25, -0.2) is 0 Å². The number of hydrogen-bond donors (Lipinski definition) is 1. The Morgan fingerprint density at radius 1 is 1.24 bits per heavy atom. The molecule has 0 aliphatic carbocycles. The zero-order valence-electron chi connectivity index (χ0n) is 12.5. The van der Waals surface area contributed by atoms with Gasteiger partial charge in [-0.15, -0.1) is 11.6 Å². The summed E-state index contributed by atoms with van der Waals surface area (Å²) in [5.74, 6) is 0.488. The van der Waals surface area contributed by atoms with Crippen molar-refractivity contribution in [3.8, 4) is 0 Å². The van der Waals surface area contributed by atoms with Crippen LogP contribution in [0.5, 0.6) is 0 Å². The number of fused-ring (bicyclic) bond motifs is 1. The minimum Gasteiger partial charge on any atom is -0.351 e. The van der Waals surface area contributed by atoms with Crippen LogP contribution >= 0.6 is 11.6 Å². The van der Waals surface area contributed by atoms with Crippen molar-refractivity contribution in [2.75, 3.05) is 12.4 Å². The number of nitrogens with one attached hydrogen (secondary N) is 1. The second-order valence-electron chi connectivity index (χ2n) is 5.40. The van der Waals surface area contributed by atoms with Gasteiger partial charge in [0, 0.05) is 35.0 Å². The Morgan fingerprint density at radius 2 is 2.00 bits per heavy atom. The van der Waals surface area contributed by atoms with Crippen molar-refractivity contribution in [2.45, 2.75) is 26.7 Å². The molecule has 0 radical (unpaired) electrons. The lowest BCUT2D eigenvalue weighted by Gasteiger charge is -2.29. The summed E-state index contributed by atoms with van der Waals surface area (Å²) in [6.07, 6.45) is 3.63. The van der Waals surface area contributed by atoms with Gasteiger partial charge in [-0.05, 0) is 31.0 Å². The number of halogens is 1. The summed E-state index contributed by atoms with van der Waals surface area (Å²) >= 11 is 6.09. The van der Waals surface area contributed by atoms with Gasteiger partial charge in [-0.2, -0.15) is 0 Å². The van der Waals surface area contributed by atoms with E-state index in [9.17, 15) is 4.79 Å².